The molecular formula is C24H26N4O2S. The summed E-state index contributed by atoms with van der Waals surface area (Å²) < 4.78 is 7.38. The first-order valence-corrected chi connectivity index (χ1v) is 11.2. The number of hydrogen-bond acceptors (Lipinski definition) is 5. The van der Waals surface area contributed by atoms with Gasteiger partial charge in [-0.25, -0.2) is 9.67 Å². The number of rotatable bonds is 5. The Kier molecular flexibility index (Phi) is 6.04. The molecule has 1 amide bonds. The molecule has 0 bridgehead atoms. The van der Waals surface area contributed by atoms with Gasteiger partial charge in [-0.05, 0) is 55.5 Å². The van der Waals surface area contributed by atoms with E-state index in [1.54, 1.807) is 11.3 Å². The van der Waals surface area contributed by atoms with Crippen molar-refractivity contribution < 1.29 is 9.53 Å². The fourth-order valence-corrected chi connectivity index (χ4v) is 4.19. The number of aromatic nitrogens is 1. The second-order valence-electron chi connectivity index (χ2n) is 8.04. The van der Waals surface area contributed by atoms with E-state index in [1.807, 2.05) is 40.5 Å². The van der Waals surface area contributed by atoms with Gasteiger partial charge in [0.15, 0.2) is 6.61 Å². The molecule has 3 aromatic rings. The summed E-state index contributed by atoms with van der Waals surface area (Å²) in [4.78, 5) is 17.5. The number of ether oxygens (including phenoxy) is 1. The average Bonchev–Trinajstić information content (AvgIpc) is 3.12. The van der Waals surface area contributed by atoms with Gasteiger partial charge in [-0.2, -0.15) is 5.10 Å². The SMILES string of the molecule is Cc1cccc(C)c1N=c1scc(-c2ccc3c(c2)NC(=O)CO3)n1N=CCC(C)C. The third kappa shape index (κ3) is 4.61. The molecule has 0 saturated heterocycles. The number of nitrogens with one attached hydrogen (secondary N) is 1. The largest absolute Gasteiger partial charge is 0.482 e. The van der Waals surface area contributed by atoms with Crippen LogP contribution in [-0.2, 0) is 4.79 Å². The molecule has 4 rings (SSSR count). The van der Waals surface area contributed by atoms with Crippen molar-refractivity contribution >= 4 is 34.8 Å². The van der Waals surface area contributed by atoms with Crippen LogP contribution in [0.3, 0.4) is 0 Å². The van der Waals surface area contributed by atoms with Gasteiger partial charge < -0.3 is 10.1 Å². The number of aryl methyl sites for hydroxylation is 2. The molecule has 0 saturated carbocycles. The Bertz CT molecular complexity index is 1200. The Morgan fingerprint density at radius 2 is 2.00 bits per heavy atom. The summed E-state index contributed by atoms with van der Waals surface area (Å²) >= 11 is 1.54. The molecule has 0 aliphatic carbocycles. The fourth-order valence-electron chi connectivity index (χ4n) is 3.35. The van der Waals surface area contributed by atoms with Gasteiger partial charge in [0, 0.05) is 17.2 Å². The van der Waals surface area contributed by atoms with E-state index in [9.17, 15) is 4.79 Å². The van der Waals surface area contributed by atoms with Gasteiger partial charge in [-0.15, -0.1) is 11.3 Å². The standard InChI is InChI=1S/C24H26N4O2S/c1-15(2)10-11-25-28-20(18-8-9-21-19(12-18)26-22(29)13-30-21)14-31-24(28)27-23-16(3)6-5-7-17(23)4/h5-9,11-12,14-15H,10,13H2,1-4H3,(H,26,29). The van der Waals surface area contributed by atoms with Gasteiger partial charge in [-0.3, -0.25) is 4.79 Å². The van der Waals surface area contributed by atoms with Crippen LogP contribution in [0.2, 0.25) is 0 Å². The fraction of sp³-hybridized carbons (Fsp3) is 0.292. The number of nitrogens with zero attached hydrogens (tertiary/aromatic N) is 3. The minimum Gasteiger partial charge on any atom is -0.482 e. The van der Waals surface area contributed by atoms with Crippen molar-refractivity contribution in [3.05, 3.63) is 57.7 Å². The van der Waals surface area contributed by atoms with Crippen molar-refractivity contribution in [3.63, 3.8) is 0 Å². The predicted molar refractivity (Wildman–Crippen MR) is 126 cm³/mol. The molecular weight excluding hydrogens is 408 g/mol. The normalized spacial score (nSPS) is 14.1. The van der Waals surface area contributed by atoms with E-state index >= 15 is 0 Å². The molecule has 1 aliphatic heterocycles. The number of carbonyl (C=O) groups is 1. The van der Waals surface area contributed by atoms with E-state index in [2.05, 4.69) is 45.1 Å². The molecule has 7 heteroatoms. The smallest absolute Gasteiger partial charge is 0.262 e. The lowest BCUT2D eigenvalue weighted by Gasteiger charge is -2.18. The Morgan fingerprint density at radius 1 is 1.23 bits per heavy atom. The predicted octanol–water partition coefficient (Wildman–Crippen LogP) is 5.28. The van der Waals surface area contributed by atoms with Crippen LogP contribution in [0, 0.1) is 19.8 Å². The van der Waals surface area contributed by atoms with Crippen molar-refractivity contribution in [2.24, 2.45) is 16.0 Å². The summed E-state index contributed by atoms with van der Waals surface area (Å²) in [5.74, 6) is 1.04. The van der Waals surface area contributed by atoms with E-state index < -0.39 is 0 Å². The molecule has 1 N–H and O–H groups in total. The molecule has 1 aliphatic rings. The second kappa shape index (κ2) is 8.89. The maximum atomic E-state index is 11.7. The van der Waals surface area contributed by atoms with Crippen LogP contribution in [0.5, 0.6) is 5.75 Å². The van der Waals surface area contributed by atoms with Crippen molar-refractivity contribution in [2.45, 2.75) is 34.1 Å². The third-order valence-corrected chi connectivity index (χ3v) is 5.83. The number of benzene rings is 2. The first-order chi connectivity index (χ1) is 14.9. The Hall–Kier alpha value is -3.19. The summed E-state index contributed by atoms with van der Waals surface area (Å²) in [6.45, 7) is 8.51. The molecule has 2 heterocycles. The minimum atomic E-state index is -0.150. The Labute approximate surface area is 185 Å². The molecule has 0 spiro atoms. The highest BCUT2D eigenvalue weighted by molar-refractivity contribution is 7.07. The van der Waals surface area contributed by atoms with Crippen molar-refractivity contribution in [1.29, 1.82) is 0 Å². The zero-order valence-corrected chi connectivity index (χ0v) is 19.0. The molecule has 31 heavy (non-hydrogen) atoms. The lowest BCUT2D eigenvalue weighted by atomic mass is 10.1. The van der Waals surface area contributed by atoms with Gasteiger partial charge in [0.2, 0.25) is 4.80 Å². The summed E-state index contributed by atoms with van der Waals surface area (Å²) in [5.41, 5.74) is 5.74. The number of fused-ring (bicyclic) bond motifs is 1. The van der Waals surface area contributed by atoms with E-state index in [0.29, 0.717) is 17.4 Å². The summed E-state index contributed by atoms with van der Waals surface area (Å²) in [6, 6.07) is 12.0. The minimum absolute atomic E-state index is 0.0447. The van der Waals surface area contributed by atoms with Crippen LogP contribution in [-0.4, -0.2) is 23.4 Å². The van der Waals surface area contributed by atoms with E-state index in [1.165, 1.54) is 0 Å². The topological polar surface area (TPSA) is 68.0 Å². The first kappa shape index (κ1) is 21.1. The zero-order chi connectivity index (χ0) is 22.0. The van der Waals surface area contributed by atoms with Gasteiger partial charge in [0.25, 0.3) is 5.91 Å². The highest BCUT2D eigenvalue weighted by Crippen LogP contribution is 2.33. The van der Waals surface area contributed by atoms with Crippen molar-refractivity contribution in [1.82, 2.24) is 4.68 Å². The number of anilines is 1. The van der Waals surface area contributed by atoms with E-state index in [0.717, 1.165) is 39.3 Å². The van der Waals surface area contributed by atoms with Crippen molar-refractivity contribution in [2.75, 3.05) is 11.9 Å². The average molecular weight is 435 g/mol. The van der Waals surface area contributed by atoms with Gasteiger partial charge >= 0.3 is 0 Å². The molecule has 0 atom stereocenters. The molecule has 1 aromatic heterocycles. The van der Waals surface area contributed by atoms with Crippen LogP contribution in [0.25, 0.3) is 11.3 Å². The monoisotopic (exact) mass is 434 g/mol. The Morgan fingerprint density at radius 3 is 2.74 bits per heavy atom. The van der Waals surface area contributed by atoms with Crippen LogP contribution in [0.15, 0.2) is 51.9 Å². The molecule has 0 unspecified atom stereocenters. The maximum Gasteiger partial charge on any atom is 0.262 e. The maximum absolute atomic E-state index is 11.7. The summed E-state index contributed by atoms with van der Waals surface area (Å²) in [5, 5.41) is 9.68. The van der Waals surface area contributed by atoms with Crippen LogP contribution >= 0.6 is 11.3 Å². The molecule has 0 fully saturated rings. The lowest BCUT2D eigenvalue weighted by Crippen LogP contribution is -2.25. The molecule has 6 nitrogen and oxygen atoms in total. The van der Waals surface area contributed by atoms with Gasteiger partial charge in [0.1, 0.15) is 5.75 Å². The molecule has 160 valence electrons. The van der Waals surface area contributed by atoms with Gasteiger partial charge in [0.05, 0.1) is 17.1 Å². The van der Waals surface area contributed by atoms with E-state index in [-0.39, 0.29) is 12.5 Å². The van der Waals surface area contributed by atoms with Crippen LogP contribution < -0.4 is 14.9 Å². The molecule has 2 aromatic carbocycles. The Balaban J connectivity index is 1.84. The number of thiazole rings is 1. The zero-order valence-electron chi connectivity index (χ0n) is 18.2. The van der Waals surface area contributed by atoms with Crippen LogP contribution in [0.1, 0.15) is 31.4 Å². The third-order valence-electron chi connectivity index (χ3n) is 5.01. The second-order valence-corrected chi connectivity index (χ2v) is 8.88. The highest BCUT2D eigenvalue weighted by atomic mass is 32.1. The van der Waals surface area contributed by atoms with Crippen LogP contribution in [0.4, 0.5) is 11.4 Å². The summed E-state index contributed by atoms with van der Waals surface area (Å²) in [7, 11) is 0. The lowest BCUT2D eigenvalue weighted by molar-refractivity contribution is -0.118. The molecule has 0 radical (unpaired) electrons. The number of carbonyl (C=O) groups excluding carboxylic acids is 1. The number of hydrogen-bond donors (Lipinski definition) is 1. The number of para-hydroxylation sites is 1. The van der Waals surface area contributed by atoms with Crippen molar-refractivity contribution in [3.8, 4) is 17.0 Å². The summed E-state index contributed by atoms with van der Waals surface area (Å²) in [6.07, 6.45) is 2.81. The quantitative estimate of drug-likeness (QED) is 0.555. The highest BCUT2D eigenvalue weighted by Gasteiger charge is 2.18. The van der Waals surface area contributed by atoms with Gasteiger partial charge in [-0.1, -0.05) is 32.0 Å². The first-order valence-electron chi connectivity index (χ1n) is 10.3. The van der Waals surface area contributed by atoms with E-state index in [4.69, 9.17) is 14.8 Å². The number of amides is 1.